The Morgan fingerprint density at radius 2 is 1.60 bits per heavy atom. The van der Waals surface area contributed by atoms with Crippen LogP contribution in [0.25, 0.3) is 0 Å². The van der Waals surface area contributed by atoms with Crippen LogP contribution in [-0.2, 0) is 20.9 Å². The van der Waals surface area contributed by atoms with Crippen LogP contribution in [0.1, 0.15) is 26.3 Å². The maximum absolute atomic E-state index is 12.1. The van der Waals surface area contributed by atoms with E-state index < -0.39 is 11.7 Å². The summed E-state index contributed by atoms with van der Waals surface area (Å²) in [6.45, 7) is 5.43. The van der Waals surface area contributed by atoms with Crippen molar-refractivity contribution in [1.82, 2.24) is 15.1 Å². The highest BCUT2D eigenvalue weighted by molar-refractivity contribution is 5.87. The molecule has 0 radical (unpaired) electrons. The molecular weight excluding hydrogens is 322 g/mol. The molecule has 0 aromatic heterocycles. The van der Waals surface area contributed by atoms with Crippen LogP contribution < -0.4 is 5.32 Å². The third-order valence-corrected chi connectivity index (χ3v) is 3.22. The van der Waals surface area contributed by atoms with Gasteiger partial charge in [0.15, 0.2) is 0 Å². The van der Waals surface area contributed by atoms with Gasteiger partial charge >= 0.3 is 6.09 Å². The predicted molar refractivity (Wildman–Crippen MR) is 94.8 cm³/mol. The van der Waals surface area contributed by atoms with Crippen molar-refractivity contribution in [3.05, 3.63) is 35.9 Å². The molecule has 0 aliphatic carbocycles. The lowest BCUT2D eigenvalue weighted by molar-refractivity contribution is -0.135. The second-order valence-corrected chi connectivity index (χ2v) is 6.85. The number of ether oxygens (including phenoxy) is 1. The van der Waals surface area contributed by atoms with Crippen LogP contribution in [0.15, 0.2) is 30.3 Å². The fourth-order valence-corrected chi connectivity index (χ4v) is 1.88. The monoisotopic (exact) mass is 349 g/mol. The van der Waals surface area contributed by atoms with Gasteiger partial charge in [0.05, 0.1) is 6.54 Å². The fourth-order valence-electron chi connectivity index (χ4n) is 1.88. The van der Waals surface area contributed by atoms with E-state index in [0.29, 0.717) is 6.54 Å². The fraction of sp³-hybridized carbons (Fsp3) is 0.500. The molecular formula is C18H27N3O4. The number of rotatable bonds is 6. The van der Waals surface area contributed by atoms with Gasteiger partial charge in [0.25, 0.3) is 0 Å². The summed E-state index contributed by atoms with van der Waals surface area (Å²) in [4.78, 5) is 38.4. The normalized spacial score (nSPS) is 10.8. The lowest BCUT2D eigenvalue weighted by atomic mass is 10.2. The summed E-state index contributed by atoms with van der Waals surface area (Å²) in [5.74, 6) is -0.608. The summed E-state index contributed by atoms with van der Waals surface area (Å²) in [5, 5.41) is 2.75. The molecule has 1 aromatic rings. The molecule has 0 heterocycles. The van der Waals surface area contributed by atoms with Gasteiger partial charge in [-0.05, 0) is 26.3 Å². The van der Waals surface area contributed by atoms with Crippen molar-refractivity contribution < 1.29 is 19.1 Å². The number of nitrogens with one attached hydrogen (secondary N) is 1. The molecule has 0 fully saturated rings. The molecule has 0 saturated heterocycles. The molecule has 7 heteroatoms. The minimum Gasteiger partial charge on any atom is -0.444 e. The molecule has 0 bridgehead atoms. The maximum Gasteiger partial charge on any atom is 0.410 e. The molecule has 0 saturated carbocycles. The number of hydrogen-bond donors (Lipinski definition) is 1. The van der Waals surface area contributed by atoms with Gasteiger partial charge in [-0.3, -0.25) is 9.59 Å². The number of benzene rings is 1. The minimum atomic E-state index is -0.627. The lowest BCUT2D eigenvalue weighted by Crippen LogP contribution is -2.44. The summed E-state index contributed by atoms with van der Waals surface area (Å²) in [7, 11) is 3.00. The van der Waals surface area contributed by atoms with E-state index in [1.165, 1.54) is 23.9 Å². The van der Waals surface area contributed by atoms with Crippen molar-refractivity contribution in [2.45, 2.75) is 32.9 Å². The van der Waals surface area contributed by atoms with Crippen molar-refractivity contribution >= 4 is 17.9 Å². The van der Waals surface area contributed by atoms with Crippen molar-refractivity contribution in [3.8, 4) is 0 Å². The highest BCUT2D eigenvalue weighted by Crippen LogP contribution is 2.09. The van der Waals surface area contributed by atoms with Crippen molar-refractivity contribution in [2.75, 3.05) is 27.2 Å². The highest BCUT2D eigenvalue weighted by atomic mass is 16.6. The smallest absolute Gasteiger partial charge is 0.410 e. The Kier molecular flexibility index (Phi) is 7.42. The summed E-state index contributed by atoms with van der Waals surface area (Å²) in [5.41, 5.74) is 0.354. The first kappa shape index (κ1) is 20.5. The molecule has 3 amide bonds. The van der Waals surface area contributed by atoms with E-state index in [2.05, 4.69) is 5.32 Å². The van der Waals surface area contributed by atoms with Crippen LogP contribution in [0.4, 0.5) is 4.79 Å². The maximum atomic E-state index is 12.1. The summed E-state index contributed by atoms with van der Waals surface area (Å²) in [6.07, 6.45) is -0.581. The van der Waals surface area contributed by atoms with E-state index in [0.717, 1.165) is 5.56 Å². The van der Waals surface area contributed by atoms with Crippen LogP contribution in [0.5, 0.6) is 0 Å². The Labute approximate surface area is 148 Å². The van der Waals surface area contributed by atoms with Gasteiger partial charge in [0.1, 0.15) is 12.1 Å². The summed E-state index contributed by atoms with van der Waals surface area (Å²) in [6, 6.07) is 9.50. The van der Waals surface area contributed by atoms with E-state index >= 15 is 0 Å². The minimum absolute atomic E-state index is 0.0756. The van der Waals surface area contributed by atoms with E-state index in [1.807, 2.05) is 30.3 Å². The predicted octanol–water partition coefficient (Wildman–Crippen LogP) is 1.63. The Hall–Kier alpha value is -2.57. The molecule has 0 atom stereocenters. The van der Waals surface area contributed by atoms with Gasteiger partial charge in [-0.2, -0.15) is 0 Å². The molecule has 7 nitrogen and oxygen atoms in total. The summed E-state index contributed by atoms with van der Waals surface area (Å²) >= 11 is 0. The molecule has 0 aliphatic rings. The van der Waals surface area contributed by atoms with Crippen LogP contribution in [0.2, 0.25) is 0 Å². The SMILES string of the molecule is CN(CC(=O)NCc1ccccc1)C(=O)CN(C)C(=O)OC(C)(C)C. The van der Waals surface area contributed by atoms with Crippen LogP contribution in [-0.4, -0.2) is 60.5 Å². The standard InChI is InChI=1S/C18H27N3O4/c1-18(2,3)25-17(24)21(5)13-16(23)20(4)12-15(22)19-11-14-9-7-6-8-10-14/h6-10H,11-13H2,1-5H3,(H,19,22). The first-order chi connectivity index (χ1) is 11.6. The van der Waals surface area contributed by atoms with Gasteiger partial charge in [-0.1, -0.05) is 30.3 Å². The van der Waals surface area contributed by atoms with Gasteiger partial charge in [-0.15, -0.1) is 0 Å². The average Bonchev–Trinajstić information content (AvgIpc) is 2.52. The number of likely N-dealkylation sites (N-methyl/N-ethyl adjacent to an activating group) is 2. The van der Waals surface area contributed by atoms with Crippen LogP contribution in [0, 0.1) is 0 Å². The molecule has 1 N–H and O–H groups in total. The Morgan fingerprint density at radius 1 is 1.00 bits per heavy atom. The second kappa shape index (κ2) is 9.05. The van der Waals surface area contributed by atoms with Crippen molar-refractivity contribution in [3.63, 3.8) is 0 Å². The molecule has 0 spiro atoms. The van der Waals surface area contributed by atoms with Gasteiger partial charge in [0.2, 0.25) is 11.8 Å². The van der Waals surface area contributed by atoms with E-state index in [-0.39, 0.29) is 24.9 Å². The van der Waals surface area contributed by atoms with Crippen LogP contribution >= 0.6 is 0 Å². The highest BCUT2D eigenvalue weighted by Gasteiger charge is 2.22. The average molecular weight is 349 g/mol. The largest absolute Gasteiger partial charge is 0.444 e. The Balaban J connectivity index is 2.40. The topological polar surface area (TPSA) is 79.0 Å². The molecule has 1 aromatic carbocycles. The van der Waals surface area contributed by atoms with Gasteiger partial charge < -0.3 is 19.9 Å². The molecule has 0 unspecified atom stereocenters. The van der Waals surface area contributed by atoms with Crippen molar-refractivity contribution in [1.29, 1.82) is 0 Å². The third kappa shape index (κ3) is 8.19. The number of hydrogen-bond acceptors (Lipinski definition) is 4. The van der Waals surface area contributed by atoms with E-state index in [9.17, 15) is 14.4 Å². The lowest BCUT2D eigenvalue weighted by Gasteiger charge is -2.25. The number of amides is 3. The van der Waals surface area contributed by atoms with Gasteiger partial charge in [0, 0.05) is 20.6 Å². The zero-order chi connectivity index (χ0) is 19.0. The number of carbonyl (C=O) groups is 3. The second-order valence-electron chi connectivity index (χ2n) is 6.85. The zero-order valence-corrected chi connectivity index (χ0v) is 15.5. The number of carbonyl (C=O) groups excluding carboxylic acids is 3. The van der Waals surface area contributed by atoms with E-state index in [1.54, 1.807) is 20.8 Å². The first-order valence-electron chi connectivity index (χ1n) is 8.07. The number of nitrogens with zero attached hydrogens (tertiary/aromatic N) is 2. The van der Waals surface area contributed by atoms with Crippen molar-refractivity contribution in [2.24, 2.45) is 0 Å². The van der Waals surface area contributed by atoms with E-state index in [4.69, 9.17) is 4.74 Å². The summed E-state index contributed by atoms with van der Waals surface area (Å²) < 4.78 is 5.19. The first-order valence-corrected chi connectivity index (χ1v) is 8.07. The third-order valence-electron chi connectivity index (χ3n) is 3.22. The van der Waals surface area contributed by atoms with Gasteiger partial charge in [-0.25, -0.2) is 4.79 Å². The van der Waals surface area contributed by atoms with Crippen LogP contribution in [0.3, 0.4) is 0 Å². The Morgan fingerprint density at radius 3 is 2.16 bits per heavy atom. The molecule has 0 aliphatic heterocycles. The Bertz CT molecular complexity index is 596. The quantitative estimate of drug-likeness (QED) is 0.847. The molecule has 25 heavy (non-hydrogen) atoms. The molecule has 1 rings (SSSR count). The zero-order valence-electron chi connectivity index (χ0n) is 15.5. The molecule has 138 valence electrons.